The van der Waals surface area contributed by atoms with Crippen molar-refractivity contribution in [2.24, 2.45) is 11.8 Å². The number of benzene rings is 1. The Balaban J connectivity index is 1.44. The highest BCUT2D eigenvalue weighted by molar-refractivity contribution is 5.98. The number of carbonyl (C=O) groups excluding carboxylic acids is 1. The van der Waals surface area contributed by atoms with Gasteiger partial charge in [-0.3, -0.25) is 14.7 Å². The van der Waals surface area contributed by atoms with E-state index in [0.717, 1.165) is 31.9 Å². The minimum absolute atomic E-state index is 0.150. The van der Waals surface area contributed by atoms with E-state index in [9.17, 15) is 4.79 Å². The van der Waals surface area contributed by atoms with Crippen LogP contribution < -0.4 is 4.90 Å². The molecule has 4 rings (SSSR count). The van der Waals surface area contributed by atoms with Crippen LogP contribution in [0.1, 0.15) is 5.56 Å². The van der Waals surface area contributed by atoms with Crippen molar-refractivity contribution < 1.29 is 4.79 Å². The van der Waals surface area contributed by atoms with E-state index in [1.807, 2.05) is 47.5 Å². The molecular formula is C18H19N3O. The van der Waals surface area contributed by atoms with Gasteiger partial charge in [0.2, 0.25) is 5.91 Å². The van der Waals surface area contributed by atoms with E-state index in [1.54, 1.807) is 6.20 Å². The Morgan fingerprint density at radius 1 is 1.05 bits per heavy atom. The maximum atomic E-state index is 12.7. The molecule has 2 saturated heterocycles. The number of aromatic nitrogens is 1. The van der Waals surface area contributed by atoms with Crippen LogP contribution in [0.3, 0.4) is 0 Å². The van der Waals surface area contributed by atoms with Gasteiger partial charge < -0.3 is 4.90 Å². The predicted octanol–water partition coefficient (Wildman–Crippen LogP) is 2.18. The van der Waals surface area contributed by atoms with E-state index in [-0.39, 0.29) is 11.8 Å². The van der Waals surface area contributed by atoms with Crippen molar-refractivity contribution >= 4 is 11.6 Å². The van der Waals surface area contributed by atoms with Crippen molar-refractivity contribution in [3.05, 3.63) is 60.4 Å². The summed E-state index contributed by atoms with van der Waals surface area (Å²) in [5, 5.41) is 0. The largest absolute Gasteiger partial charge is 0.312 e. The smallest absolute Gasteiger partial charge is 0.231 e. The number of pyridine rings is 1. The monoisotopic (exact) mass is 293 g/mol. The van der Waals surface area contributed by atoms with Crippen LogP contribution in [0.25, 0.3) is 0 Å². The number of carbonyl (C=O) groups is 1. The number of hydrogen-bond acceptors (Lipinski definition) is 3. The fourth-order valence-corrected chi connectivity index (χ4v) is 3.67. The minimum Gasteiger partial charge on any atom is -0.312 e. The highest BCUT2D eigenvalue weighted by Gasteiger charge is 2.46. The van der Waals surface area contributed by atoms with E-state index in [0.29, 0.717) is 5.92 Å². The van der Waals surface area contributed by atoms with Gasteiger partial charge in [0.25, 0.3) is 0 Å². The molecule has 2 fully saturated rings. The van der Waals surface area contributed by atoms with Gasteiger partial charge in [-0.25, -0.2) is 0 Å². The zero-order chi connectivity index (χ0) is 14.9. The number of hydrogen-bond donors (Lipinski definition) is 0. The Hall–Kier alpha value is -2.20. The van der Waals surface area contributed by atoms with Crippen molar-refractivity contribution in [2.75, 3.05) is 24.5 Å². The minimum atomic E-state index is 0.150. The average molecular weight is 293 g/mol. The van der Waals surface area contributed by atoms with Crippen LogP contribution in [-0.4, -0.2) is 35.4 Å². The second kappa shape index (κ2) is 5.54. The molecule has 2 atom stereocenters. The van der Waals surface area contributed by atoms with Crippen LogP contribution in [0.4, 0.5) is 5.69 Å². The van der Waals surface area contributed by atoms with Crippen molar-refractivity contribution in [2.45, 2.75) is 6.54 Å². The molecule has 2 aliphatic heterocycles. The van der Waals surface area contributed by atoms with Crippen LogP contribution in [0.15, 0.2) is 54.9 Å². The molecule has 22 heavy (non-hydrogen) atoms. The molecule has 1 aromatic carbocycles. The van der Waals surface area contributed by atoms with Crippen molar-refractivity contribution in [3.63, 3.8) is 0 Å². The van der Waals surface area contributed by atoms with Crippen LogP contribution in [-0.2, 0) is 11.3 Å². The van der Waals surface area contributed by atoms with Gasteiger partial charge in [-0.2, -0.15) is 0 Å². The van der Waals surface area contributed by atoms with E-state index in [4.69, 9.17) is 0 Å². The van der Waals surface area contributed by atoms with Crippen LogP contribution in [0, 0.1) is 11.8 Å². The molecule has 0 N–H and O–H groups in total. The second-order valence-corrected chi connectivity index (χ2v) is 6.21. The third-order valence-corrected chi connectivity index (χ3v) is 4.71. The highest BCUT2D eigenvalue weighted by atomic mass is 16.2. The van der Waals surface area contributed by atoms with Crippen LogP contribution >= 0.6 is 0 Å². The fraction of sp³-hybridized carbons (Fsp3) is 0.333. The molecule has 112 valence electrons. The Kier molecular flexibility index (Phi) is 3.39. The lowest BCUT2D eigenvalue weighted by atomic mass is 10.0. The number of para-hydroxylation sites is 1. The van der Waals surface area contributed by atoms with Gasteiger partial charge in [-0.05, 0) is 23.8 Å². The molecule has 0 radical (unpaired) electrons. The average Bonchev–Trinajstić information content (AvgIpc) is 3.08. The van der Waals surface area contributed by atoms with Gasteiger partial charge in [0.05, 0.1) is 5.92 Å². The van der Waals surface area contributed by atoms with Gasteiger partial charge in [0, 0.05) is 50.2 Å². The van der Waals surface area contributed by atoms with Gasteiger partial charge in [-0.1, -0.05) is 24.3 Å². The Morgan fingerprint density at radius 2 is 1.91 bits per heavy atom. The molecule has 0 saturated carbocycles. The van der Waals surface area contributed by atoms with E-state index in [2.05, 4.69) is 16.0 Å². The first kappa shape index (κ1) is 13.5. The van der Waals surface area contributed by atoms with E-state index >= 15 is 0 Å². The Morgan fingerprint density at radius 3 is 2.64 bits per heavy atom. The van der Waals surface area contributed by atoms with Crippen molar-refractivity contribution in [1.29, 1.82) is 0 Å². The van der Waals surface area contributed by atoms with E-state index < -0.39 is 0 Å². The molecule has 4 heteroatoms. The second-order valence-electron chi connectivity index (χ2n) is 6.21. The van der Waals surface area contributed by atoms with Crippen molar-refractivity contribution in [3.8, 4) is 0 Å². The summed E-state index contributed by atoms with van der Waals surface area (Å²) in [6, 6.07) is 14.1. The Labute approximate surface area is 130 Å². The Bertz CT molecular complexity index is 659. The molecule has 0 aliphatic carbocycles. The van der Waals surface area contributed by atoms with Gasteiger partial charge in [0.1, 0.15) is 0 Å². The topological polar surface area (TPSA) is 36.4 Å². The maximum Gasteiger partial charge on any atom is 0.231 e. The maximum absolute atomic E-state index is 12.7. The third kappa shape index (κ3) is 2.40. The fourth-order valence-electron chi connectivity index (χ4n) is 3.67. The third-order valence-electron chi connectivity index (χ3n) is 4.71. The lowest BCUT2D eigenvalue weighted by Crippen LogP contribution is -2.32. The molecule has 0 unspecified atom stereocenters. The lowest BCUT2D eigenvalue weighted by molar-refractivity contribution is -0.120. The van der Waals surface area contributed by atoms with Gasteiger partial charge in [-0.15, -0.1) is 0 Å². The van der Waals surface area contributed by atoms with Crippen molar-refractivity contribution in [1.82, 2.24) is 9.88 Å². The first-order valence-corrected chi connectivity index (χ1v) is 7.79. The molecule has 4 nitrogen and oxygen atoms in total. The number of fused-ring (bicyclic) bond motifs is 1. The van der Waals surface area contributed by atoms with E-state index in [1.165, 1.54) is 5.56 Å². The molecule has 1 amide bonds. The zero-order valence-corrected chi connectivity index (χ0v) is 12.4. The number of rotatable bonds is 3. The molecule has 0 bridgehead atoms. The number of likely N-dealkylation sites (tertiary alicyclic amines) is 1. The zero-order valence-electron chi connectivity index (χ0n) is 12.4. The summed E-state index contributed by atoms with van der Waals surface area (Å²) in [6.07, 6.45) is 3.70. The first-order chi connectivity index (χ1) is 10.8. The lowest BCUT2D eigenvalue weighted by Gasteiger charge is -2.21. The van der Waals surface area contributed by atoms with Gasteiger partial charge in [0.15, 0.2) is 0 Å². The molecule has 1 aromatic heterocycles. The summed E-state index contributed by atoms with van der Waals surface area (Å²) in [5.74, 6) is 0.881. The molecular weight excluding hydrogens is 274 g/mol. The summed E-state index contributed by atoms with van der Waals surface area (Å²) < 4.78 is 0. The standard InChI is InChI=1S/C18H19N3O/c22-18-17-13-20(10-14-5-4-8-19-9-14)11-15(17)12-21(18)16-6-2-1-3-7-16/h1-9,15,17H,10-13H2/t15-,17+/m0/s1. The van der Waals surface area contributed by atoms with Crippen LogP contribution in [0.5, 0.6) is 0 Å². The normalized spacial score (nSPS) is 24.7. The molecule has 2 aliphatic rings. The summed E-state index contributed by atoms with van der Waals surface area (Å²) in [5.41, 5.74) is 2.25. The number of anilines is 1. The molecule has 0 spiro atoms. The highest BCUT2D eigenvalue weighted by Crippen LogP contribution is 2.35. The summed E-state index contributed by atoms with van der Waals surface area (Å²) >= 11 is 0. The quantitative estimate of drug-likeness (QED) is 0.870. The van der Waals surface area contributed by atoms with Gasteiger partial charge >= 0.3 is 0 Å². The molecule has 2 aromatic rings. The van der Waals surface area contributed by atoms with Crippen LogP contribution in [0.2, 0.25) is 0 Å². The first-order valence-electron chi connectivity index (χ1n) is 7.79. The summed E-state index contributed by atoms with van der Waals surface area (Å²) in [6.45, 7) is 3.59. The number of nitrogens with zero attached hydrogens (tertiary/aromatic N) is 3. The summed E-state index contributed by atoms with van der Waals surface area (Å²) in [4.78, 5) is 21.2. The summed E-state index contributed by atoms with van der Waals surface area (Å²) in [7, 11) is 0. The number of amides is 1. The SMILES string of the molecule is O=C1[C@@H]2CN(Cc3cccnc3)C[C@H]2CN1c1ccccc1. The predicted molar refractivity (Wildman–Crippen MR) is 85.3 cm³/mol. The molecule has 3 heterocycles.